The second kappa shape index (κ2) is 8.35. The van der Waals surface area contributed by atoms with Gasteiger partial charge in [0.25, 0.3) is 0 Å². The molecule has 0 aromatic heterocycles. The van der Waals surface area contributed by atoms with Crippen LogP contribution in [0.15, 0.2) is 29.2 Å². The van der Waals surface area contributed by atoms with E-state index in [1.165, 1.54) is 12.1 Å². The molecular weight excluding hydrogens is 361 g/mol. The molecule has 1 aliphatic heterocycles. The standard InChI is InChI=1S/C15H21F3N2O4S/c1-23-8-7-20-6-5-12(11-20)10-19-25(21,22)14-4-2-3-13(9-14)24-15(16,17)18/h2-4,9,12,19H,5-8,10-11H2,1H3. The van der Waals surface area contributed by atoms with Crippen molar-refractivity contribution in [1.82, 2.24) is 9.62 Å². The van der Waals surface area contributed by atoms with Gasteiger partial charge in [-0.15, -0.1) is 13.2 Å². The van der Waals surface area contributed by atoms with Gasteiger partial charge in [0, 0.05) is 32.8 Å². The van der Waals surface area contributed by atoms with Crippen LogP contribution in [0.4, 0.5) is 13.2 Å². The van der Waals surface area contributed by atoms with E-state index in [0.717, 1.165) is 38.2 Å². The van der Waals surface area contributed by atoms with Crippen molar-refractivity contribution in [3.8, 4) is 5.75 Å². The monoisotopic (exact) mass is 382 g/mol. The van der Waals surface area contributed by atoms with E-state index in [1.54, 1.807) is 7.11 Å². The van der Waals surface area contributed by atoms with E-state index in [1.807, 2.05) is 0 Å². The van der Waals surface area contributed by atoms with Crippen LogP contribution in [0.3, 0.4) is 0 Å². The molecule has 0 amide bonds. The highest BCUT2D eigenvalue weighted by molar-refractivity contribution is 7.89. The van der Waals surface area contributed by atoms with Crippen molar-refractivity contribution >= 4 is 10.0 Å². The van der Waals surface area contributed by atoms with Crippen LogP contribution in [0.25, 0.3) is 0 Å². The third kappa shape index (κ3) is 6.46. The van der Waals surface area contributed by atoms with Crippen molar-refractivity contribution in [1.29, 1.82) is 0 Å². The van der Waals surface area contributed by atoms with Crippen molar-refractivity contribution < 1.29 is 31.1 Å². The fourth-order valence-corrected chi connectivity index (χ4v) is 3.80. The van der Waals surface area contributed by atoms with Crippen molar-refractivity contribution in [2.45, 2.75) is 17.7 Å². The second-order valence-electron chi connectivity index (χ2n) is 5.82. The summed E-state index contributed by atoms with van der Waals surface area (Å²) in [5.41, 5.74) is 0. The molecule has 1 heterocycles. The summed E-state index contributed by atoms with van der Waals surface area (Å²) < 4.78 is 72.5. The smallest absolute Gasteiger partial charge is 0.406 e. The van der Waals surface area contributed by atoms with Gasteiger partial charge in [-0.05, 0) is 31.0 Å². The molecule has 0 spiro atoms. The lowest BCUT2D eigenvalue weighted by Gasteiger charge is -2.16. The van der Waals surface area contributed by atoms with Crippen LogP contribution in [0, 0.1) is 5.92 Å². The lowest BCUT2D eigenvalue weighted by atomic mass is 10.1. The van der Waals surface area contributed by atoms with Gasteiger partial charge in [-0.2, -0.15) is 0 Å². The first-order valence-corrected chi connectivity index (χ1v) is 9.25. The van der Waals surface area contributed by atoms with E-state index in [9.17, 15) is 21.6 Å². The van der Waals surface area contributed by atoms with E-state index in [0.29, 0.717) is 6.61 Å². The van der Waals surface area contributed by atoms with Crippen molar-refractivity contribution in [2.75, 3.05) is 39.9 Å². The lowest BCUT2D eigenvalue weighted by molar-refractivity contribution is -0.274. The van der Waals surface area contributed by atoms with Gasteiger partial charge in [-0.1, -0.05) is 6.07 Å². The van der Waals surface area contributed by atoms with E-state index >= 15 is 0 Å². The predicted molar refractivity (Wildman–Crippen MR) is 84.7 cm³/mol. The maximum Gasteiger partial charge on any atom is 0.573 e. The van der Waals surface area contributed by atoms with E-state index < -0.39 is 22.1 Å². The summed E-state index contributed by atoms with van der Waals surface area (Å²) in [6, 6.07) is 4.34. The summed E-state index contributed by atoms with van der Waals surface area (Å²) in [6.45, 7) is 3.25. The molecule has 0 radical (unpaired) electrons. The molecule has 0 saturated carbocycles. The topological polar surface area (TPSA) is 67.9 Å². The molecule has 1 aliphatic rings. The zero-order valence-corrected chi connectivity index (χ0v) is 14.6. The minimum atomic E-state index is -4.87. The number of likely N-dealkylation sites (tertiary alicyclic amines) is 1. The number of alkyl halides is 3. The van der Waals surface area contributed by atoms with Gasteiger partial charge in [-0.3, -0.25) is 0 Å². The molecule has 6 nitrogen and oxygen atoms in total. The molecule has 1 unspecified atom stereocenters. The number of halogens is 3. The number of rotatable bonds is 8. The molecule has 25 heavy (non-hydrogen) atoms. The number of hydrogen-bond acceptors (Lipinski definition) is 5. The summed E-state index contributed by atoms with van der Waals surface area (Å²) in [5, 5.41) is 0. The Morgan fingerprint density at radius 3 is 2.80 bits per heavy atom. The number of nitrogens with one attached hydrogen (secondary N) is 1. The number of hydrogen-bond donors (Lipinski definition) is 1. The minimum absolute atomic E-state index is 0.154. The summed E-state index contributed by atoms with van der Waals surface area (Å²) >= 11 is 0. The Morgan fingerprint density at radius 2 is 2.12 bits per heavy atom. The third-order valence-corrected chi connectivity index (χ3v) is 5.31. The fraction of sp³-hybridized carbons (Fsp3) is 0.600. The Balaban J connectivity index is 1.92. The normalized spacial score (nSPS) is 19.3. The van der Waals surface area contributed by atoms with Crippen LogP contribution < -0.4 is 9.46 Å². The van der Waals surface area contributed by atoms with E-state index in [-0.39, 0.29) is 17.4 Å². The molecule has 10 heteroatoms. The van der Waals surface area contributed by atoms with E-state index in [4.69, 9.17) is 4.74 Å². The SMILES string of the molecule is COCCN1CCC(CNS(=O)(=O)c2cccc(OC(F)(F)F)c2)C1. The van der Waals surface area contributed by atoms with Crippen LogP contribution in [-0.2, 0) is 14.8 Å². The quantitative estimate of drug-likeness (QED) is 0.743. The molecule has 1 aromatic carbocycles. The molecule has 0 aliphatic carbocycles. The Morgan fingerprint density at radius 1 is 1.36 bits per heavy atom. The Kier molecular flexibility index (Phi) is 6.66. The zero-order chi connectivity index (χ0) is 18.5. The van der Waals surface area contributed by atoms with Crippen LogP contribution >= 0.6 is 0 Å². The summed E-state index contributed by atoms with van der Waals surface area (Å²) in [5.74, 6) is -0.414. The molecule has 0 bridgehead atoms. The average Bonchev–Trinajstić information content (AvgIpc) is 2.98. The summed E-state index contributed by atoms with van der Waals surface area (Å²) in [4.78, 5) is 1.92. The third-order valence-electron chi connectivity index (χ3n) is 3.89. The molecule has 1 fully saturated rings. The maximum atomic E-state index is 12.3. The fourth-order valence-electron chi connectivity index (χ4n) is 2.65. The van der Waals surface area contributed by atoms with Crippen LogP contribution in [0.2, 0.25) is 0 Å². The largest absolute Gasteiger partial charge is 0.573 e. The van der Waals surface area contributed by atoms with Crippen molar-refractivity contribution in [3.05, 3.63) is 24.3 Å². The van der Waals surface area contributed by atoms with E-state index in [2.05, 4.69) is 14.4 Å². The Labute approximate surface area is 145 Å². The maximum absolute atomic E-state index is 12.3. The van der Waals surface area contributed by atoms with Crippen LogP contribution in [0.5, 0.6) is 5.75 Å². The highest BCUT2D eigenvalue weighted by atomic mass is 32.2. The molecule has 2 rings (SSSR count). The number of sulfonamides is 1. The van der Waals surface area contributed by atoms with Crippen molar-refractivity contribution in [2.24, 2.45) is 5.92 Å². The number of methoxy groups -OCH3 is 1. The number of nitrogens with zero attached hydrogens (tertiary/aromatic N) is 1. The van der Waals surface area contributed by atoms with Gasteiger partial charge in [0.2, 0.25) is 10.0 Å². The summed E-state index contributed by atoms with van der Waals surface area (Å²) in [7, 11) is -2.28. The zero-order valence-electron chi connectivity index (χ0n) is 13.8. The molecule has 1 N–H and O–H groups in total. The molecule has 142 valence electrons. The molecule has 1 atom stereocenters. The first-order chi connectivity index (χ1) is 11.7. The summed E-state index contributed by atoms with van der Waals surface area (Å²) in [6.07, 6.45) is -4.02. The molecule has 1 aromatic rings. The average molecular weight is 382 g/mol. The predicted octanol–water partition coefficient (Wildman–Crippen LogP) is 1.83. The van der Waals surface area contributed by atoms with Gasteiger partial charge in [0.1, 0.15) is 5.75 Å². The minimum Gasteiger partial charge on any atom is -0.406 e. The Bertz CT molecular complexity index is 667. The first-order valence-electron chi connectivity index (χ1n) is 7.76. The first kappa shape index (κ1) is 20.0. The highest BCUT2D eigenvalue weighted by Crippen LogP contribution is 2.25. The number of ether oxygens (including phenoxy) is 2. The number of benzene rings is 1. The van der Waals surface area contributed by atoms with Crippen molar-refractivity contribution in [3.63, 3.8) is 0 Å². The van der Waals surface area contributed by atoms with Crippen LogP contribution in [-0.4, -0.2) is 59.6 Å². The second-order valence-corrected chi connectivity index (χ2v) is 7.59. The van der Waals surface area contributed by atoms with Gasteiger partial charge in [0.15, 0.2) is 0 Å². The van der Waals surface area contributed by atoms with Gasteiger partial charge < -0.3 is 14.4 Å². The van der Waals surface area contributed by atoms with Gasteiger partial charge in [-0.25, -0.2) is 13.1 Å². The molecular formula is C15H21F3N2O4S. The Hall–Kier alpha value is -1.36. The van der Waals surface area contributed by atoms with Crippen LogP contribution in [0.1, 0.15) is 6.42 Å². The lowest BCUT2D eigenvalue weighted by Crippen LogP contribution is -2.31. The highest BCUT2D eigenvalue weighted by Gasteiger charge is 2.31. The van der Waals surface area contributed by atoms with Gasteiger partial charge >= 0.3 is 6.36 Å². The van der Waals surface area contributed by atoms with Gasteiger partial charge in [0.05, 0.1) is 11.5 Å². The molecule has 1 saturated heterocycles.